The van der Waals surface area contributed by atoms with E-state index in [9.17, 15) is 8.42 Å². The van der Waals surface area contributed by atoms with Crippen molar-refractivity contribution in [3.05, 3.63) is 22.2 Å². The standard InChI is InChI=1S/C11H16Cl2N2O2S/c1-11(2,18(3,16)17)6-15-10-8(12)4-7(14)5-9(10)13/h4-5,15H,6,14H2,1-3H3. The van der Waals surface area contributed by atoms with Gasteiger partial charge in [0.1, 0.15) is 0 Å². The Bertz CT molecular complexity index is 533. The van der Waals surface area contributed by atoms with Crippen LogP contribution >= 0.6 is 23.2 Å². The van der Waals surface area contributed by atoms with E-state index in [1.54, 1.807) is 26.0 Å². The van der Waals surface area contributed by atoms with Crippen LogP contribution in [0.25, 0.3) is 0 Å². The lowest BCUT2D eigenvalue weighted by atomic mass is 10.2. The minimum atomic E-state index is -3.18. The molecule has 0 aliphatic heterocycles. The molecule has 0 saturated carbocycles. The second-order valence-corrected chi connectivity index (χ2v) is 8.21. The SMILES string of the molecule is CC(C)(CNc1c(Cl)cc(N)cc1Cl)S(C)(=O)=O. The van der Waals surface area contributed by atoms with Crippen molar-refractivity contribution in [3.63, 3.8) is 0 Å². The molecule has 0 aromatic heterocycles. The van der Waals surface area contributed by atoms with E-state index in [1.165, 1.54) is 6.26 Å². The molecule has 3 N–H and O–H groups in total. The number of anilines is 2. The van der Waals surface area contributed by atoms with E-state index in [0.29, 0.717) is 21.4 Å². The molecule has 1 aromatic rings. The molecule has 102 valence electrons. The number of benzene rings is 1. The van der Waals surface area contributed by atoms with Gasteiger partial charge in [0.05, 0.1) is 20.5 Å². The molecule has 0 bridgehead atoms. The third-order valence-corrected chi connectivity index (χ3v) is 5.51. The lowest BCUT2D eigenvalue weighted by molar-refractivity contribution is 0.560. The van der Waals surface area contributed by atoms with E-state index in [-0.39, 0.29) is 6.54 Å². The van der Waals surface area contributed by atoms with E-state index in [0.717, 1.165) is 0 Å². The highest BCUT2D eigenvalue weighted by atomic mass is 35.5. The van der Waals surface area contributed by atoms with Crippen LogP contribution in [0.3, 0.4) is 0 Å². The summed E-state index contributed by atoms with van der Waals surface area (Å²) < 4.78 is 22.2. The smallest absolute Gasteiger partial charge is 0.154 e. The molecule has 0 unspecified atom stereocenters. The monoisotopic (exact) mass is 310 g/mol. The van der Waals surface area contributed by atoms with Crippen molar-refractivity contribution in [3.8, 4) is 0 Å². The van der Waals surface area contributed by atoms with Crippen molar-refractivity contribution in [2.24, 2.45) is 0 Å². The second-order valence-electron chi connectivity index (χ2n) is 4.74. The van der Waals surface area contributed by atoms with Crippen molar-refractivity contribution >= 4 is 44.4 Å². The quantitative estimate of drug-likeness (QED) is 0.839. The van der Waals surface area contributed by atoms with Crippen molar-refractivity contribution < 1.29 is 8.42 Å². The fourth-order valence-electron chi connectivity index (χ4n) is 1.19. The maximum atomic E-state index is 11.6. The van der Waals surface area contributed by atoms with E-state index < -0.39 is 14.6 Å². The van der Waals surface area contributed by atoms with Crippen molar-refractivity contribution in [2.45, 2.75) is 18.6 Å². The van der Waals surface area contributed by atoms with Gasteiger partial charge in [-0.1, -0.05) is 23.2 Å². The van der Waals surface area contributed by atoms with E-state index in [2.05, 4.69) is 5.32 Å². The average Bonchev–Trinajstić information content (AvgIpc) is 2.13. The van der Waals surface area contributed by atoms with Crippen molar-refractivity contribution in [1.29, 1.82) is 0 Å². The van der Waals surface area contributed by atoms with E-state index in [4.69, 9.17) is 28.9 Å². The molecular formula is C11H16Cl2N2O2S. The highest BCUT2D eigenvalue weighted by molar-refractivity contribution is 7.92. The van der Waals surface area contributed by atoms with Gasteiger partial charge in [-0.15, -0.1) is 0 Å². The van der Waals surface area contributed by atoms with Crippen LogP contribution in [-0.2, 0) is 9.84 Å². The number of nitrogens with two attached hydrogens (primary N) is 1. The Labute approximate surface area is 117 Å². The summed E-state index contributed by atoms with van der Waals surface area (Å²) in [7, 11) is -3.18. The summed E-state index contributed by atoms with van der Waals surface area (Å²) in [6, 6.07) is 3.12. The first kappa shape index (κ1) is 15.4. The van der Waals surface area contributed by atoms with Crippen molar-refractivity contribution in [1.82, 2.24) is 0 Å². The van der Waals surface area contributed by atoms with Gasteiger partial charge in [0.25, 0.3) is 0 Å². The third kappa shape index (κ3) is 3.43. The summed E-state index contributed by atoms with van der Waals surface area (Å²) in [5.41, 5.74) is 6.53. The number of rotatable bonds is 4. The lowest BCUT2D eigenvalue weighted by Crippen LogP contribution is -2.38. The van der Waals surface area contributed by atoms with E-state index >= 15 is 0 Å². The first-order valence-electron chi connectivity index (χ1n) is 5.22. The highest BCUT2D eigenvalue weighted by Crippen LogP contribution is 2.33. The molecule has 0 amide bonds. The Morgan fingerprint density at radius 3 is 2.11 bits per heavy atom. The Kier molecular flexibility index (Phi) is 4.41. The number of nitrogens with one attached hydrogen (secondary N) is 1. The molecule has 18 heavy (non-hydrogen) atoms. The molecule has 0 heterocycles. The van der Waals surface area contributed by atoms with Gasteiger partial charge in [0.15, 0.2) is 9.84 Å². The highest BCUT2D eigenvalue weighted by Gasteiger charge is 2.30. The summed E-state index contributed by atoms with van der Waals surface area (Å²) in [5, 5.41) is 3.69. The molecule has 1 rings (SSSR count). The average molecular weight is 311 g/mol. The Morgan fingerprint density at radius 2 is 1.72 bits per heavy atom. The third-order valence-electron chi connectivity index (χ3n) is 2.76. The minimum Gasteiger partial charge on any atom is -0.399 e. The maximum absolute atomic E-state index is 11.6. The van der Waals surface area contributed by atoms with Crippen LogP contribution in [0.5, 0.6) is 0 Å². The number of hydrogen-bond acceptors (Lipinski definition) is 4. The maximum Gasteiger partial charge on any atom is 0.154 e. The first-order chi connectivity index (χ1) is 8.04. The topological polar surface area (TPSA) is 72.2 Å². The molecule has 1 aromatic carbocycles. The molecule has 4 nitrogen and oxygen atoms in total. The van der Waals surface area contributed by atoms with Gasteiger partial charge in [-0.3, -0.25) is 0 Å². The Morgan fingerprint density at radius 1 is 1.28 bits per heavy atom. The fourth-order valence-corrected chi connectivity index (χ4v) is 2.17. The lowest BCUT2D eigenvalue weighted by Gasteiger charge is -2.24. The minimum absolute atomic E-state index is 0.204. The summed E-state index contributed by atoms with van der Waals surface area (Å²) >= 11 is 12.0. The summed E-state index contributed by atoms with van der Waals surface area (Å²) in [6.45, 7) is 3.47. The number of sulfone groups is 1. The van der Waals surface area contributed by atoms with Gasteiger partial charge in [-0.05, 0) is 26.0 Å². The van der Waals surface area contributed by atoms with Crippen LogP contribution in [0.4, 0.5) is 11.4 Å². The van der Waals surface area contributed by atoms with Crippen LogP contribution in [0.2, 0.25) is 10.0 Å². The first-order valence-corrected chi connectivity index (χ1v) is 7.87. The molecule has 0 aliphatic rings. The van der Waals surface area contributed by atoms with Gasteiger partial charge >= 0.3 is 0 Å². The molecule has 0 spiro atoms. The van der Waals surface area contributed by atoms with Crippen LogP contribution in [0.1, 0.15) is 13.8 Å². The van der Waals surface area contributed by atoms with Crippen molar-refractivity contribution in [2.75, 3.05) is 23.9 Å². The van der Waals surface area contributed by atoms with Crippen LogP contribution in [-0.4, -0.2) is 26.0 Å². The van der Waals surface area contributed by atoms with Crippen LogP contribution in [0.15, 0.2) is 12.1 Å². The molecular weight excluding hydrogens is 295 g/mol. The zero-order valence-electron chi connectivity index (χ0n) is 10.4. The van der Waals surface area contributed by atoms with E-state index in [1.807, 2.05) is 0 Å². The van der Waals surface area contributed by atoms with Gasteiger partial charge in [-0.25, -0.2) is 8.42 Å². The van der Waals surface area contributed by atoms with Crippen LogP contribution in [0, 0.1) is 0 Å². The molecule has 0 fully saturated rings. The molecule has 7 heteroatoms. The second kappa shape index (κ2) is 5.15. The summed E-state index contributed by atoms with van der Waals surface area (Å²) in [6.07, 6.45) is 1.20. The summed E-state index contributed by atoms with van der Waals surface area (Å²) in [5.74, 6) is 0. The summed E-state index contributed by atoms with van der Waals surface area (Å²) in [4.78, 5) is 0. The molecule has 0 radical (unpaired) electrons. The zero-order chi connectivity index (χ0) is 14.1. The number of hydrogen-bond donors (Lipinski definition) is 2. The molecule has 0 aliphatic carbocycles. The fraction of sp³-hybridized carbons (Fsp3) is 0.455. The predicted octanol–water partition coefficient (Wildman–Crippen LogP) is 2.81. The molecule has 0 saturated heterocycles. The Hall–Kier alpha value is -0.650. The molecule has 0 atom stereocenters. The Balaban J connectivity index is 2.95. The van der Waals surface area contributed by atoms with Gasteiger partial charge < -0.3 is 11.1 Å². The van der Waals surface area contributed by atoms with Gasteiger partial charge in [0, 0.05) is 18.5 Å². The predicted molar refractivity (Wildman–Crippen MR) is 78.3 cm³/mol. The zero-order valence-corrected chi connectivity index (χ0v) is 12.7. The normalized spacial score (nSPS) is 12.5. The number of nitrogen functional groups attached to an aromatic ring is 1. The number of halogens is 2. The largest absolute Gasteiger partial charge is 0.399 e. The van der Waals surface area contributed by atoms with Gasteiger partial charge in [-0.2, -0.15) is 0 Å². The van der Waals surface area contributed by atoms with Crippen LogP contribution < -0.4 is 11.1 Å². The van der Waals surface area contributed by atoms with Gasteiger partial charge in [0.2, 0.25) is 0 Å².